The van der Waals surface area contributed by atoms with Crippen molar-refractivity contribution in [1.82, 2.24) is 5.32 Å². The minimum absolute atomic E-state index is 0.220. The molecule has 2 unspecified atom stereocenters. The van der Waals surface area contributed by atoms with Gasteiger partial charge in [-0.05, 0) is 49.9 Å². The van der Waals surface area contributed by atoms with Crippen molar-refractivity contribution < 1.29 is 8.42 Å². The molecular weight excluding hydrogens is 270 g/mol. The molecule has 0 aliphatic rings. The molecule has 0 aliphatic carbocycles. The van der Waals surface area contributed by atoms with Crippen LogP contribution in [0.5, 0.6) is 0 Å². The van der Waals surface area contributed by atoms with E-state index in [1.54, 1.807) is 12.1 Å². The van der Waals surface area contributed by atoms with E-state index in [4.69, 9.17) is 0 Å². The Morgan fingerprint density at radius 3 is 2.15 bits per heavy atom. The van der Waals surface area contributed by atoms with Gasteiger partial charge in [-0.25, -0.2) is 8.42 Å². The number of sulfone groups is 1. The van der Waals surface area contributed by atoms with Gasteiger partial charge in [-0.3, -0.25) is 0 Å². The lowest BCUT2D eigenvalue weighted by Crippen LogP contribution is -2.31. The highest BCUT2D eigenvalue weighted by Crippen LogP contribution is 2.25. The Kier molecular flexibility index (Phi) is 6.69. The van der Waals surface area contributed by atoms with Gasteiger partial charge in [0.2, 0.25) is 0 Å². The Bertz CT molecular complexity index is 494. The van der Waals surface area contributed by atoms with Gasteiger partial charge in [0, 0.05) is 6.04 Å². The zero-order valence-corrected chi connectivity index (χ0v) is 13.8. The van der Waals surface area contributed by atoms with Gasteiger partial charge in [-0.2, -0.15) is 0 Å². The molecule has 2 atom stereocenters. The molecule has 1 N–H and O–H groups in total. The van der Waals surface area contributed by atoms with Crippen LogP contribution in [0.2, 0.25) is 0 Å². The van der Waals surface area contributed by atoms with Crippen molar-refractivity contribution in [3.8, 4) is 0 Å². The number of hydrogen-bond donors (Lipinski definition) is 1. The molecule has 0 aromatic heterocycles. The summed E-state index contributed by atoms with van der Waals surface area (Å²) in [5.74, 6) is 0.634. The molecule has 4 heteroatoms. The van der Waals surface area contributed by atoms with E-state index >= 15 is 0 Å². The third kappa shape index (κ3) is 4.32. The number of nitrogens with one attached hydrogen (secondary N) is 1. The van der Waals surface area contributed by atoms with Gasteiger partial charge in [-0.1, -0.05) is 32.9 Å². The van der Waals surface area contributed by atoms with E-state index < -0.39 is 9.84 Å². The first kappa shape index (κ1) is 17.2. The molecular formula is C16H27NO2S. The SMILES string of the molecule is CCCS(=O)(=O)c1ccc(C(CC)C(C)NCC)cc1. The van der Waals surface area contributed by atoms with E-state index in [0.717, 1.165) is 13.0 Å². The molecule has 0 spiro atoms. The highest BCUT2D eigenvalue weighted by molar-refractivity contribution is 7.91. The Labute approximate surface area is 123 Å². The van der Waals surface area contributed by atoms with Gasteiger partial charge in [0.05, 0.1) is 10.6 Å². The molecule has 0 aliphatic heterocycles. The van der Waals surface area contributed by atoms with Crippen molar-refractivity contribution in [2.75, 3.05) is 12.3 Å². The summed E-state index contributed by atoms with van der Waals surface area (Å²) in [7, 11) is -3.11. The maximum atomic E-state index is 12.0. The van der Waals surface area contributed by atoms with Gasteiger partial charge in [-0.15, -0.1) is 0 Å². The van der Waals surface area contributed by atoms with Crippen LogP contribution < -0.4 is 5.32 Å². The Hall–Kier alpha value is -0.870. The molecule has 1 aromatic carbocycles. The normalized spacial score (nSPS) is 15.0. The second-order valence-corrected chi connectivity index (χ2v) is 7.36. The monoisotopic (exact) mass is 297 g/mol. The lowest BCUT2D eigenvalue weighted by molar-refractivity contribution is 0.460. The Morgan fingerprint density at radius 1 is 1.10 bits per heavy atom. The summed E-state index contributed by atoms with van der Waals surface area (Å²) >= 11 is 0. The fraction of sp³-hybridized carbons (Fsp3) is 0.625. The van der Waals surface area contributed by atoms with Crippen LogP contribution in [0.25, 0.3) is 0 Å². The van der Waals surface area contributed by atoms with Gasteiger partial charge in [0.1, 0.15) is 0 Å². The Balaban J connectivity index is 2.95. The fourth-order valence-corrected chi connectivity index (χ4v) is 3.98. The first-order valence-electron chi connectivity index (χ1n) is 7.52. The van der Waals surface area contributed by atoms with Crippen molar-refractivity contribution >= 4 is 9.84 Å². The van der Waals surface area contributed by atoms with Crippen molar-refractivity contribution in [3.05, 3.63) is 29.8 Å². The highest BCUT2D eigenvalue weighted by atomic mass is 32.2. The van der Waals surface area contributed by atoms with E-state index in [2.05, 4.69) is 26.1 Å². The third-order valence-electron chi connectivity index (χ3n) is 3.71. The maximum Gasteiger partial charge on any atom is 0.178 e. The second-order valence-electron chi connectivity index (χ2n) is 5.25. The number of rotatable bonds is 8. The summed E-state index contributed by atoms with van der Waals surface area (Å²) < 4.78 is 24.0. The number of benzene rings is 1. The number of hydrogen-bond acceptors (Lipinski definition) is 3. The van der Waals surface area contributed by atoms with Crippen LogP contribution in [0, 0.1) is 0 Å². The zero-order chi connectivity index (χ0) is 15.2. The lowest BCUT2D eigenvalue weighted by Gasteiger charge is -2.24. The number of likely N-dealkylation sites (N-methyl/N-ethyl adjacent to an activating group) is 1. The summed E-state index contributed by atoms with van der Waals surface area (Å²) in [5.41, 5.74) is 1.20. The van der Waals surface area contributed by atoms with Gasteiger partial charge in [0.15, 0.2) is 9.84 Å². The van der Waals surface area contributed by atoms with Crippen LogP contribution >= 0.6 is 0 Å². The molecule has 0 amide bonds. The zero-order valence-electron chi connectivity index (χ0n) is 13.0. The van der Waals surface area contributed by atoms with Crippen LogP contribution in [0.4, 0.5) is 0 Å². The van der Waals surface area contributed by atoms with E-state index in [1.807, 2.05) is 19.1 Å². The summed E-state index contributed by atoms with van der Waals surface area (Å²) in [6.07, 6.45) is 1.69. The molecule has 3 nitrogen and oxygen atoms in total. The van der Waals surface area contributed by atoms with Crippen molar-refractivity contribution in [3.63, 3.8) is 0 Å². The average molecular weight is 297 g/mol. The van der Waals surface area contributed by atoms with E-state index in [0.29, 0.717) is 23.3 Å². The summed E-state index contributed by atoms with van der Waals surface area (Å²) in [5, 5.41) is 3.44. The summed E-state index contributed by atoms with van der Waals surface area (Å²) in [6, 6.07) is 7.82. The molecule has 0 saturated heterocycles. The molecule has 0 heterocycles. The van der Waals surface area contributed by atoms with Crippen molar-refractivity contribution in [2.24, 2.45) is 0 Å². The summed E-state index contributed by atoms with van der Waals surface area (Å²) in [4.78, 5) is 0.439. The summed E-state index contributed by atoms with van der Waals surface area (Å²) in [6.45, 7) is 9.28. The van der Waals surface area contributed by atoms with Crippen LogP contribution in [0.1, 0.15) is 52.0 Å². The lowest BCUT2D eigenvalue weighted by atomic mass is 9.90. The third-order valence-corrected chi connectivity index (χ3v) is 5.65. The first-order valence-corrected chi connectivity index (χ1v) is 9.17. The molecule has 0 bridgehead atoms. The molecule has 1 aromatic rings. The molecule has 0 radical (unpaired) electrons. The average Bonchev–Trinajstić information content (AvgIpc) is 2.40. The molecule has 0 fully saturated rings. The maximum absolute atomic E-state index is 12.0. The van der Waals surface area contributed by atoms with Crippen LogP contribution in [-0.4, -0.2) is 26.8 Å². The van der Waals surface area contributed by atoms with Crippen molar-refractivity contribution in [2.45, 2.75) is 57.4 Å². The van der Waals surface area contributed by atoms with E-state index in [1.165, 1.54) is 5.56 Å². The minimum atomic E-state index is -3.11. The van der Waals surface area contributed by atoms with Gasteiger partial charge in [0.25, 0.3) is 0 Å². The van der Waals surface area contributed by atoms with Gasteiger partial charge >= 0.3 is 0 Å². The molecule has 0 saturated carbocycles. The largest absolute Gasteiger partial charge is 0.314 e. The quantitative estimate of drug-likeness (QED) is 0.800. The minimum Gasteiger partial charge on any atom is -0.314 e. The molecule has 114 valence electrons. The fourth-order valence-electron chi connectivity index (χ4n) is 2.65. The van der Waals surface area contributed by atoms with E-state index in [9.17, 15) is 8.42 Å². The smallest absolute Gasteiger partial charge is 0.178 e. The molecule has 1 rings (SSSR count). The predicted octanol–water partition coefficient (Wildman–Crippen LogP) is 3.36. The van der Waals surface area contributed by atoms with Crippen LogP contribution in [0.15, 0.2) is 29.2 Å². The Morgan fingerprint density at radius 2 is 1.70 bits per heavy atom. The van der Waals surface area contributed by atoms with Crippen LogP contribution in [-0.2, 0) is 9.84 Å². The second kappa shape index (κ2) is 7.79. The van der Waals surface area contributed by atoms with Gasteiger partial charge < -0.3 is 5.32 Å². The molecule has 20 heavy (non-hydrogen) atoms. The highest BCUT2D eigenvalue weighted by Gasteiger charge is 2.18. The van der Waals surface area contributed by atoms with E-state index in [-0.39, 0.29) is 5.75 Å². The van der Waals surface area contributed by atoms with Crippen LogP contribution in [0.3, 0.4) is 0 Å². The first-order chi connectivity index (χ1) is 9.46. The van der Waals surface area contributed by atoms with Crippen molar-refractivity contribution in [1.29, 1.82) is 0 Å². The standard InChI is InChI=1S/C16H27NO2S/c1-5-12-20(18,19)15-10-8-14(9-11-15)16(6-2)13(4)17-7-3/h8-11,13,16-17H,5-7,12H2,1-4H3. The topological polar surface area (TPSA) is 46.2 Å². The predicted molar refractivity (Wildman–Crippen MR) is 85.0 cm³/mol.